The third kappa shape index (κ3) is 5.71. The lowest BCUT2D eigenvalue weighted by Crippen LogP contribution is -2.06. The number of nitrogens with zero attached hydrogens (tertiary/aromatic N) is 4. The lowest BCUT2D eigenvalue weighted by atomic mass is 10.1. The molecule has 0 aliphatic heterocycles. The minimum absolute atomic E-state index is 0.350. The Morgan fingerprint density at radius 2 is 1.78 bits per heavy atom. The maximum Gasteiger partial charge on any atom is 0.232 e. The van der Waals surface area contributed by atoms with Gasteiger partial charge in [-0.2, -0.15) is 20.5 Å². The summed E-state index contributed by atoms with van der Waals surface area (Å²) < 4.78 is 6.15. The third-order valence-corrected chi connectivity index (χ3v) is 4.44. The highest BCUT2D eigenvalue weighted by Gasteiger charge is 2.11. The molecule has 1 heterocycles. The minimum Gasteiger partial charge on any atom is -0.438 e. The number of ether oxygens (including phenoxy) is 1. The van der Waals surface area contributed by atoms with E-state index in [1.807, 2.05) is 32.0 Å². The van der Waals surface area contributed by atoms with Gasteiger partial charge in [-0.15, -0.1) is 6.58 Å². The number of anilines is 3. The zero-order valence-corrected chi connectivity index (χ0v) is 17.9. The number of hydrogen-bond acceptors (Lipinski definition) is 7. The molecular formula is C25H22N6O. The molecule has 3 aromatic rings. The van der Waals surface area contributed by atoms with E-state index in [1.165, 1.54) is 6.08 Å². The molecule has 7 heteroatoms. The van der Waals surface area contributed by atoms with E-state index < -0.39 is 0 Å². The molecule has 3 rings (SSSR count). The van der Waals surface area contributed by atoms with Gasteiger partial charge in [-0.1, -0.05) is 6.08 Å². The molecule has 1 aromatic heterocycles. The molecule has 158 valence electrons. The van der Waals surface area contributed by atoms with Crippen LogP contribution in [0.15, 0.2) is 61.2 Å². The largest absolute Gasteiger partial charge is 0.438 e. The molecule has 2 N–H and O–H groups in total. The number of allylic oxidation sites excluding steroid dienone is 1. The van der Waals surface area contributed by atoms with Crippen molar-refractivity contribution in [3.63, 3.8) is 0 Å². The first-order chi connectivity index (χ1) is 15.5. The van der Waals surface area contributed by atoms with Gasteiger partial charge in [0.1, 0.15) is 11.6 Å². The number of nitrogens with one attached hydrogen (secondary N) is 2. The lowest BCUT2D eigenvalue weighted by Gasteiger charge is -2.14. The highest BCUT2D eigenvalue weighted by molar-refractivity contribution is 5.60. The Hall–Kier alpha value is -4.62. The van der Waals surface area contributed by atoms with Crippen LogP contribution in [-0.2, 0) is 0 Å². The zero-order chi connectivity index (χ0) is 22.9. The summed E-state index contributed by atoms with van der Waals surface area (Å²) in [5, 5.41) is 24.0. The Labute approximate surface area is 187 Å². The molecule has 0 saturated carbocycles. The molecule has 0 aliphatic carbocycles. The summed E-state index contributed by atoms with van der Waals surface area (Å²) in [4.78, 5) is 8.97. The number of rotatable bonds is 8. The van der Waals surface area contributed by atoms with E-state index in [1.54, 1.807) is 42.5 Å². The van der Waals surface area contributed by atoms with Crippen molar-refractivity contribution in [3.05, 3.63) is 83.4 Å². The number of aryl methyl sites for hydroxylation is 2. The van der Waals surface area contributed by atoms with E-state index >= 15 is 0 Å². The number of aromatic nitrogens is 2. The molecular weight excluding hydrogens is 400 g/mol. The fourth-order valence-corrected chi connectivity index (χ4v) is 3.04. The van der Waals surface area contributed by atoms with Crippen LogP contribution in [0.25, 0.3) is 6.08 Å². The van der Waals surface area contributed by atoms with Gasteiger partial charge in [0.05, 0.1) is 17.7 Å². The van der Waals surface area contributed by atoms with E-state index in [9.17, 15) is 0 Å². The van der Waals surface area contributed by atoms with Crippen LogP contribution >= 0.6 is 0 Å². The van der Waals surface area contributed by atoms with Crippen LogP contribution in [-0.4, -0.2) is 16.5 Å². The Bertz CT molecular complexity index is 1210. The minimum atomic E-state index is 0.350. The van der Waals surface area contributed by atoms with Crippen LogP contribution in [0.4, 0.5) is 17.5 Å². The molecule has 0 unspecified atom stereocenters. The standard InChI is InChI=1S/C25H22N6O/c1-4-12-28-22-15-23(31-25(30-22)29-21-9-7-19(16-27)8-10-21)32-24-17(2)13-20(6-5-11-26)14-18(24)3/h4-10,13-15H,1,12H2,2-3H3,(H2,28,29,30,31)/b6-5+. The van der Waals surface area contributed by atoms with E-state index in [0.717, 1.165) is 22.4 Å². The van der Waals surface area contributed by atoms with Crippen LogP contribution in [0.3, 0.4) is 0 Å². The summed E-state index contributed by atoms with van der Waals surface area (Å²) in [7, 11) is 0. The summed E-state index contributed by atoms with van der Waals surface area (Å²) in [5.41, 5.74) is 4.08. The summed E-state index contributed by atoms with van der Waals surface area (Å²) >= 11 is 0. The maximum atomic E-state index is 8.97. The summed E-state index contributed by atoms with van der Waals surface area (Å²) in [6.45, 7) is 8.14. The third-order valence-electron chi connectivity index (χ3n) is 4.44. The molecule has 7 nitrogen and oxygen atoms in total. The van der Waals surface area contributed by atoms with Gasteiger partial charge in [0.15, 0.2) is 0 Å². The Morgan fingerprint density at radius 1 is 1.06 bits per heavy atom. The normalized spacial score (nSPS) is 10.2. The molecule has 0 atom stereocenters. The SMILES string of the molecule is C=CCNc1cc(Oc2c(C)cc(/C=C/C#N)cc2C)nc(Nc2ccc(C#N)cc2)n1. The molecule has 0 amide bonds. The van der Waals surface area contributed by atoms with E-state index in [4.69, 9.17) is 15.3 Å². The first-order valence-corrected chi connectivity index (χ1v) is 9.88. The quantitative estimate of drug-likeness (QED) is 0.357. The fraction of sp³-hybridized carbons (Fsp3) is 0.120. The fourth-order valence-electron chi connectivity index (χ4n) is 3.04. The topological polar surface area (TPSA) is 107 Å². The number of benzene rings is 2. The van der Waals surface area contributed by atoms with Crippen LogP contribution < -0.4 is 15.4 Å². The van der Waals surface area contributed by atoms with Crippen LogP contribution in [0.1, 0.15) is 22.3 Å². The average molecular weight is 422 g/mol. The monoisotopic (exact) mass is 422 g/mol. The highest BCUT2D eigenvalue weighted by atomic mass is 16.5. The van der Waals surface area contributed by atoms with Gasteiger partial charge in [-0.3, -0.25) is 0 Å². The summed E-state index contributed by atoms with van der Waals surface area (Å²) in [6, 6.07) is 16.7. The second-order valence-electron chi connectivity index (χ2n) is 6.95. The predicted molar refractivity (Wildman–Crippen MR) is 126 cm³/mol. The summed E-state index contributed by atoms with van der Waals surface area (Å²) in [6.07, 6.45) is 4.93. The lowest BCUT2D eigenvalue weighted by molar-refractivity contribution is 0.456. The smallest absolute Gasteiger partial charge is 0.232 e. The van der Waals surface area contributed by atoms with E-state index in [0.29, 0.717) is 35.5 Å². The number of hydrogen-bond donors (Lipinski definition) is 2. The van der Waals surface area contributed by atoms with Gasteiger partial charge in [-0.05, 0) is 73.0 Å². The number of nitriles is 2. The zero-order valence-electron chi connectivity index (χ0n) is 17.9. The Morgan fingerprint density at radius 3 is 2.41 bits per heavy atom. The van der Waals surface area contributed by atoms with Gasteiger partial charge in [0, 0.05) is 24.4 Å². The first kappa shape index (κ1) is 22.1. The molecule has 2 aromatic carbocycles. The van der Waals surface area contributed by atoms with E-state index in [2.05, 4.69) is 33.2 Å². The van der Waals surface area contributed by atoms with Gasteiger partial charge in [0.2, 0.25) is 11.8 Å². The van der Waals surface area contributed by atoms with Crippen molar-refractivity contribution in [2.45, 2.75) is 13.8 Å². The molecule has 0 aliphatic rings. The molecule has 32 heavy (non-hydrogen) atoms. The Kier molecular flexibility index (Phi) is 7.19. The predicted octanol–water partition coefficient (Wildman–Crippen LogP) is 5.64. The van der Waals surface area contributed by atoms with Crippen molar-refractivity contribution in [3.8, 4) is 23.8 Å². The Balaban J connectivity index is 1.92. The second kappa shape index (κ2) is 10.4. The van der Waals surface area contributed by atoms with Crippen LogP contribution in [0.5, 0.6) is 11.6 Å². The van der Waals surface area contributed by atoms with Gasteiger partial charge in [-0.25, -0.2) is 0 Å². The van der Waals surface area contributed by atoms with Crippen molar-refractivity contribution in [1.82, 2.24) is 9.97 Å². The van der Waals surface area contributed by atoms with Crippen LogP contribution in [0.2, 0.25) is 0 Å². The van der Waals surface area contributed by atoms with Crippen LogP contribution in [0, 0.1) is 36.5 Å². The first-order valence-electron chi connectivity index (χ1n) is 9.88. The van der Waals surface area contributed by atoms with Gasteiger partial charge in [0.25, 0.3) is 0 Å². The molecule has 0 bridgehead atoms. The molecule has 0 fully saturated rings. The van der Waals surface area contributed by atoms with Crippen molar-refractivity contribution in [2.24, 2.45) is 0 Å². The van der Waals surface area contributed by atoms with Crippen molar-refractivity contribution in [1.29, 1.82) is 10.5 Å². The highest BCUT2D eigenvalue weighted by Crippen LogP contribution is 2.31. The maximum absolute atomic E-state index is 8.97. The van der Waals surface area contributed by atoms with Gasteiger partial charge >= 0.3 is 0 Å². The molecule has 0 spiro atoms. The van der Waals surface area contributed by atoms with Crippen molar-refractivity contribution in [2.75, 3.05) is 17.2 Å². The molecule has 0 saturated heterocycles. The van der Waals surface area contributed by atoms with Crippen molar-refractivity contribution < 1.29 is 4.74 Å². The van der Waals surface area contributed by atoms with Crippen molar-refractivity contribution >= 4 is 23.5 Å². The second-order valence-corrected chi connectivity index (χ2v) is 6.95. The average Bonchev–Trinajstić information content (AvgIpc) is 2.79. The summed E-state index contributed by atoms with van der Waals surface area (Å²) in [5.74, 6) is 1.99. The molecule has 0 radical (unpaired) electrons. The van der Waals surface area contributed by atoms with E-state index in [-0.39, 0.29) is 0 Å². The van der Waals surface area contributed by atoms with Gasteiger partial charge < -0.3 is 15.4 Å².